The lowest BCUT2D eigenvalue weighted by Gasteiger charge is -2.50. The molecule has 2 aliphatic heterocycles. The Morgan fingerprint density at radius 1 is 0.946 bits per heavy atom. The van der Waals surface area contributed by atoms with Crippen LogP contribution in [-0.2, 0) is 30.8 Å². The second-order valence-electron chi connectivity index (χ2n) is 13.9. The van der Waals surface area contributed by atoms with Gasteiger partial charge in [-0.2, -0.15) is 18.2 Å². The summed E-state index contributed by atoms with van der Waals surface area (Å²) >= 11 is 12.4. The number of hydrogen-bond acceptors (Lipinski definition) is 9. The summed E-state index contributed by atoms with van der Waals surface area (Å²) in [4.78, 5) is 73.8. The van der Waals surface area contributed by atoms with E-state index in [0.29, 0.717) is 22.8 Å². The zero-order valence-corrected chi connectivity index (χ0v) is 29.8. The minimum Gasteiger partial charge on any atom is -0.505 e. The van der Waals surface area contributed by atoms with Gasteiger partial charge < -0.3 is 5.11 Å². The first-order chi connectivity index (χ1) is 26.5. The van der Waals surface area contributed by atoms with Gasteiger partial charge in [0.05, 0.1) is 44.4 Å². The van der Waals surface area contributed by atoms with Gasteiger partial charge in [0.2, 0.25) is 11.8 Å². The summed E-state index contributed by atoms with van der Waals surface area (Å²) in [5.41, 5.74) is -0.712. The lowest BCUT2D eigenvalue weighted by molar-refractivity contribution is -0.384. The maximum atomic E-state index is 15.3. The number of nitro groups is 1. The van der Waals surface area contributed by atoms with Crippen molar-refractivity contribution in [2.45, 2.75) is 30.4 Å². The number of carbonyl (C=O) groups is 4. The number of pyridine rings is 1. The highest BCUT2D eigenvalue weighted by molar-refractivity contribution is 6.33. The van der Waals surface area contributed by atoms with Crippen LogP contribution in [0.25, 0.3) is 0 Å². The number of carbonyl (C=O) groups excluding carboxylic acids is 4. The van der Waals surface area contributed by atoms with Gasteiger partial charge in [-0.1, -0.05) is 65.2 Å². The number of nitro benzene ring substituents is 1. The number of non-ortho nitro benzene ring substituents is 1. The van der Waals surface area contributed by atoms with Crippen molar-refractivity contribution >= 4 is 64.0 Å². The molecule has 3 aromatic carbocycles. The molecule has 18 heteroatoms. The fourth-order valence-electron chi connectivity index (χ4n) is 8.89. The van der Waals surface area contributed by atoms with E-state index in [9.17, 15) is 42.8 Å². The number of alkyl halides is 3. The Balaban J connectivity index is 1.31. The summed E-state index contributed by atoms with van der Waals surface area (Å²) in [6.07, 6.45) is -3.02. The van der Waals surface area contributed by atoms with Gasteiger partial charge in [0.25, 0.3) is 17.5 Å². The van der Waals surface area contributed by atoms with Gasteiger partial charge in [0.15, 0.2) is 17.4 Å². The van der Waals surface area contributed by atoms with Crippen molar-refractivity contribution in [3.05, 3.63) is 133 Å². The maximum Gasteiger partial charge on any atom is 0.417 e. The van der Waals surface area contributed by atoms with Gasteiger partial charge in [-0.3, -0.25) is 34.7 Å². The molecule has 8 rings (SSSR count). The van der Waals surface area contributed by atoms with Gasteiger partial charge >= 0.3 is 6.18 Å². The fourth-order valence-corrected chi connectivity index (χ4v) is 9.23. The van der Waals surface area contributed by atoms with E-state index >= 15 is 9.18 Å². The van der Waals surface area contributed by atoms with E-state index in [0.717, 1.165) is 17.0 Å². The number of phenols is 1. The summed E-state index contributed by atoms with van der Waals surface area (Å²) in [6, 6.07) is 15.1. The van der Waals surface area contributed by atoms with E-state index < -0.39 is 97.7 Å². The van der Waals surface area contributed by atoms with Crippen molar-refractivity contribution in [1.82, 2.24) is 9.99 Å². The minimum absolute atomic E-state index is 0.0424. The summed E-state index contributed by atoms with van der Waals surface area (Å²) in [5, 5.41) is 23.1. The number of fused-ring (bicyclic) bond motifs is 4. The minimum atomic E-state index is -4.81. The Morgan fingerprint density at radius 3 is 2.34 bits per heavy atom. The van der Waals surface area contributed by atoms with Gasteiger partial charge in [-0.25, -0.2) is 14.3 Å². The Bertz CT molecular complexity index is 2430. The quantitative estimate of drug-likeness (QED) is 0.0667. The normalized spacial score (nSPS) is 25.8. The molecule has 4 amide bonds. The predicted molar refractivity (Wildman–Crippen MR) is 191 cm³/mol. The highest BCUT2D eigenvalue weighted by Gasteiger charge is 2.71. The number of anilines is 2. The van der Waals surface area contributed by atoms with Crippen molar-refractivity contribution in [3.8, 4) is 5.75 Å². The van der Waals surface area contributed by atoms with Crippen molar-refractivity contribution in [2.75, 3.05) is 10.3 Å². The number of aromatic hydroxyl groups is 1. The van der Waals surface area contributed by atoms with Crippen LogP contribution in [0.15, 0.2) is 90.6 Å². The highest BCUT2D eigenvalue weighted by Crippen LogP contribution is 2.65. The van der Waals surface area contributed by atoms with Crippen LogP contribution in [0, 0.1) is 39.6 Å². The molecule has 4 aliphatic rings. The molecule has 1 saturated carbocycles. The molecule has 286 valence electrons. The Labute approximate surface area is 323 Å². The second-order valence-corrected chi connectivity index (χ2v) is 14.7. The molecule has 4 aromatic rings. The monoisotopic (exact) mass is 809 g/mol. The molecule has 0 unspecified atom stereocenters. The summed E-state index contributed by atoms with van der Waals surface area (Å²) in [5.74, 6) is -11.5. The number of allylic oxidation sites excluding steroid dienone is 2. The Kier molecular flexibility index (Phi) is 8.69. The first kappa shape index (κ1) is 37.1. The van der Waals surface area contributed by atoms with Crippen LogP contribution in [-0.4, -0.2) is 43.7 Å². The van der Waals surface area contributed by atoms with Crippen LogP contribution in [0.4, 0.5) is 34.8 Å². The van der Waals surface area contributed by atoms with Crippen molar-refractivity contribution < 1.29 is 46.8 Å². The van der Waals surface area contributed by atoms with Gasteiger partial charge in [0, 0.05) is 34.8 Å². The van der Waals surface area contributed by atoms with Gasteiger partial charge in [0.1, 0.15) is 0 Å². The number of nitrogens with zero attached hydrogens (tertiary/aromatic N) is 4. The van der Waals surface area contributed by atoms with E-state index in [1.165, 1.54) is 54.6 Å². The smallest absolute Gasteiger partial charge is 0.417 e. The lowest BCUT2D eigenvalue weighted by atomic mass is 9.49. The first-order valence-electron chi connectivity index (χ1n) is 17.0. The standard InChI is InChI=1S/C38H25Cl2F4N5O7/c39-19-9-7-17(8-10-19)37-26(34(52)48(36(37)54)46-32-27(40)13-18(16-45-32)38(42,43)44)15-25-22(30(37)24-5-2-6-28(41)31(24)50)11-12-23-29(25)35(53)47(33(23)51)20-3-1-4-21(14-20)49(55)56/h1-11,13-14,16,23,25-26,29-30,50H,12,15H2,(H,45,46)/t23-,25+,26-,29-,30+,37+/m0/s1. The van der Waals surface area contributed by atoms with Crippen LogP contribution in [0.2, 0.25) is 10.0 Å². The first-order valence-corrected chi connectivity index (χ1v) is 17.7. The topological polar surface area (TPSA) is 163 Å². The molecular weight excluding hydrogens is 785 g/mol. The predicted octanol–water partition coefficient (Wildman–Crippen LogP) is 7.35. The molecule has 0 radical (unpaired) electrons. The Hall–Kier alpha value is -5.87. The molecule has 6 atom stereocenters. The molecule has 0 spiro atoms. The van der Waals surface area contributed by atoms with E-state index in [4.69, 9.17) is 23.2 Å². The summed E-state index contributed by atoms with van der Waals surface area (Å²) < 4.78 is 55.7. The number of imide groups is 2. The number of hydrogen-bond donors (Lipinski definition) is 2. The van der Waals surface area contributed by atoms with Gasteiger partial charge in [-0.15, -0.1) is 0 Å². The Morgan fingerprint density at radius 2 is 1.66 bits per heavy atom. The molecule has 56 heavy (non-hydrogen) atoms. The summed E-state index contributed by atoms with van der Waals surface area (Å²) in [7, 11) is 0. The number of amides is 4. The zero-order chi connectivity index (χ0) is 40.0. The zero-order valence-electron chi connectivity index (χ0n) is 28.3. The van der Waals surface area contributed by atoms with Crippen LogP contribution in [0.3, 0.4) is 0 Å². The maximum absolute atomic E-state index is 15.3. The molecular formula is C38H25Cl2F4N5O7. The molecule has 3 fully saturated rings. The number of nitrogens with one attached hydrogen (secondary N) is 1. The van der Waals surface area contributed by atoms with Crippen molar-refractivity contribution in [1.29, 1.82) is 0 Å². The molecule has 3 heterocycles. The third-order valence-electron chi connectivity index (χ3n) is 11.2. The average molecular weight is 811 g/mol. The van der Waals surface area contributed by atoms with E-state index in [-0.39, 0.29) is 40.4 Å². The molecule has 1 aromatic heterocycles. The molecule has 0 bridgehead atoms. The fraction of sp³-hybridized carbons (Fsp3) is 0.237. The van der Waals surface area contributed by atoms with Crippen LogP contribution >= 0.6 is 23.2 Å². The van der Waals surface area contributed by atoms with E-state index in [1.807, 2.05) is 0 Å². The molecule has 2 saturated heterocycles. The number of benzene rings is 3. The lowest BCUT2D eigenvalue weighted by Crippen LogP contribution is -2.53. The second kappa shape index (κ2) is 13.1. The third-order valence-corrected chi connectivity index (χ3v) is 11.7. The number of phenolic OH excluding ortho intramolecular Hbond substituents is 1. The van der Waals surface area contributed by atoms with Crippen LogP contribution in [0.1, 0.15) is 35.4 Å². The number of rotatable bonds is 6. The van der Waals surface area contributed by atoms with Gasteiger partial charge in [-0.05, 0) is 54.7 Å². The average Bonchev–Trinajstić information content (AvgIpc) is 3.54. The number of aromatic nitrogens is 1. The molecule has 2 N–H and O–H groups in total. The van der Waals surface area contributed by atoms with Crippen LogP contribution < -0.4 is 10.3 Å². The summed E-state index contributed by atoms with van der Waals surface area (Å²) in [6.45, 7) is 0. The molecule has 12 nitrogen and oxygen atoms in total. The SMILES string of the molecule is O=C1[C@@H]2C[C@@H]3C(=CC[C@@H]4C(=O)N(c5cccc([N+](=O)[O-])c5)C(=O)[C@@H]43)[C@H](c3cccc(F)c3O)[C@]2(c2ccc(Cl)cc2)C(=O)N1Nc1ncc(C(F)(F)F)cc1Cl. The van der Waals surface area contributed by atoms with Crippen molar-refractivity contribution in [2.24, 2.45) is 23.7 Å². The largest absolute Gasteiger partial charge is 0.505 e. The number of halogens is 6. The molecule has 2 aliphatic carbocycles. The van der Waals surface area contributed by atoms with Crippen molar-refractivity contribution in [3.63, 3.8) is 0 Å². The van der Waals surface area contributed by atoms with Crippen LogP contribution in [0.5, 0.6) is 5.75 Å². The van der Waals surface area contributed by atoms with E-state index in [2.05, 4.69) is 10.4 Å². The number of hydrazine groups is 1. The van der Waals surface area contributed by atoms with E-state index in [1.54, 1.807) is 6.08 Å². The number of para-hydroxylation sites is 1. The third kappa shape index (κ3) is 5.44. The highest BCUT2D eigenvalue weighted by atomic mass is 35.5.